The zero-order valence-corrected chi connectivity index (χ0v) is 11.6. The highest BCUT2D eigenvalue weighted by Crippen LogP contribution is 2.12. The highest BCUT2D eigenvalue weighted by atomic mass is 32.2. The molecule has 8 heteroatoms. The fraction of sp³-hybridized carbons (Fsp3) is 0.455. The SMILES string of the molecule is COCCCN(C)S(=O)(=O)c1ccc(C(=O)O)cn1. The minimum atomic E-state index is -3.69. The third-order valence-corrected chi connectivity index (χ3v) is 4.25. The summed E-state index contributed by atoms with van der Waals surface area (Å²) in [6.07, 6.45) is 1.59. The van der Waals surface area contributed by atoms with Gasteiger partial charge in [-0.25, -0.2) is 18.2 Å². The Kier molecular flexibility index (Phi) is 5.40. The molecule has 0 fully saturated rings. The van der Waals surface area contributed by atoms with Gasteiger partial charge in [0.05, 0.1) is 5.56 Å². The van der Waals surface area contributed by atoms with E-state index in [4.69, 9.17) is 9.84 Å². The first-order valence-corrected chi connectivity index (χ1v) is 6.98. The molecule has 106 valence electrons. The van der Waals surface area contributed by atoms with Crippen molar-refractivity contribution in [3.8, 4) is 0 Å². The molecule has 0 unspecified atom stereocenters. The van der Waals surface area contributed by atoms with Gasteiger partial charge < -0.3 is 9.84 Å². The molecule has 1 aromatic heterocycles. The molecule has 0 saturated heterocycles. The van der Waals surface area contributed by atoms with Crippen molar-refractivity contribution < 1.29 is 23.1 Å². The van der Waals surface area contributed by atoms with Gasteiger partial charge in [-0.1, -0.05) is 0 Å². The van der Waals surface area contributed by atoms with Gasteiger partial charge in [0.25, 0.3) is 10.0 Å². The second-order valence-electron chi connectivity index (χ2n) is 3.86. The Labute approximate surface area is 111 Å². The average molecular weight is 288 g/mol. The number of carbonyl (C=O) groups is 1. The van der Waals surface area contributed by atoms with E-state index >= 15 is 0 Å². The maximum atomic E-state index is 12.1. The van der Waals surface area contributed by atoms with Crippen molar-refractivity contribution in [3.63, 3.8) is 0 Å². The van der Waals surface area contributed by atoms with Crippen LogP contribution in [-0.2, 0) is 14.8 Å². The average Bonchev–Trinajstić information content (AvgIpc) is 2.39. The molecule has 19 heavy (non-hydrogen) atoms. The van der Waals surface area contributed by atoms with Crippen LogP contribution in [0.2, 0.25) is 0 Å². The molecule has 1 aromatic rings. The summed E-state index contributed by atoms with van der Waals surface area (Å²) in [4.78, 5) is 14.3. The molecule has 0 radical (unpaired) electrons. The van der Waals surface area contributed by atoms with Crippen molar-refractivity contribution >= 4 is 16.0 Å². The van der Waals surface area contributed by atoms with Gasteiger partial charge in [-0.2, -0.15) is 4.31 Å². The summed E-state index contributed by atoms with van der Waals surface area (Å²) in [6, 6.07) is 2.40. The van der Waals surface area contributed by atoms with Crippen molar-refractivity contribution in [1.29, 1.82) is 0 Å². The quantitative estimate of drug-likeness (QED) is 0.731. The van der Waals surface area contributed by atoms with Crippen molar-refractivity contribution in [2.45, 2.75) is 11.4 Å². The Hall–Kier alpha value is -1.51. The molecule has 0 saturated carbocycles. The number of carboxylic acid groups (broad SMARTS) is 1. The van der Waals surface area contributed by atoms with E-state index < -0.39 is 16.0 Å². The van der Waals surface area contributed by atoms with Gasteiger partial charge in [0.15, 0.2) is 5.03 Å². The number of rotatable bonds is 7. The van der Waals surface area contributed by atoms with Crippen LogP contribution in [0.15, 0.2) is 23.4 Å². The molecule has 0 amide bonds. The smallest absolute Gasteiger partial charge is 0.337 e. The van der Waals surface area contributed by atoms with Gasteiger partial charge in [-0.3, -0.25) is 0 Å². The lowest BCUT2D eigenvalue weighted by atomic mass is 10.3. The first kappa shape index (κ1) is 15.5. The minimum Gasteiger partial charge on any atom is -0.478 e. The molecule has 0 aromatic carbocycles. The van der Waals surface area contributed by atoms with Crippen molar-refractivity contribution in [2.75, 3.05) is 27.3 Å². The van der Waals surface area contributed by atoms with Gasteiger partial charge in [0.2, 0.25) is 0 Å². The first-order chi connectivity index (χ1) is 8.89. The van der Waals surface area contributed by atoms with Crippen LogP contribution in [0.1, 0.15) is 16.8 Å². The van der Waals surface area contributed by atoms with E-state index in [9.17, 15) is 13.2 Å². The minimum absolute atomic E-state index is 0.0546. The predicted octanol–water partition coefficient (Wildman–Crippen LogP) is 0.437. The van der Waals surface area contributed by atoms with E-state index in [1.807, 2.05) is 0 Å². The fourth-order valence-corrected chi connectivity index (χ4v) is 2.49. The molecule has 0 atom stereocenters. The number of carboxylic acids is 1. The summed E-state index contributed by atoms with van der Waals surface area (Å²) >= 11 is 0. The number of methoxy groups -OCH3 is 1. The lowest BCUT2D eigenvalue weighted by molar-refractivity contribution is 0.0696. The number of hydrogen-bond acceptors (Lipinski definition) is 5. The Morgan fingerprint density at radius 1 is 1.47 bits per heavy atom. The highest BCUT2D eigenvalue weighted by Gasteiger charge is 2.22. The largest absolute Gasteiger partial charge is 0.478 e. The van der Waals surface area contributed by atoms with E-state index in [1.54, 1.807) is 7.11 Å². The number of hydrogen-bond donors (Lipinski definition) is 1. The van der Waals surface area contributed by atoms with Crippen LogP contribution in [0.25, 0.3) is 0 Å². The molecule has 0 spiro atoms. The maximum Gasteiger partial charge on any atom is 0.337 e. The van der Waals surface area contributed by atoms with Gasteiger partial charge in [0.1, 0.15) is 0 Å². The number of ether oxygens (including phenoxy) is 1. The number of pyridine rings is 1. The second-order valence-corrected chi connectivity index (χ2v) is 5.85. The fourth-order valence-electron chi connectivity index (χ4n) is 1.37. The van der Waals surface area contributed by atoms with E-state index in [-0.39, 0.29) is 10.6 Å². The maximum absolute atomic E-state index is 12.1. The van der Waals surface area contributed by atoms with E-state index in [0.717, 1.165) is 10.5 Å². The van der Waals surface area contributed by atoms with Crippen LogP contribution in [0.3, 0.4) is 0 Å². The molecule has 0 aliphatic heterocycles. The van der Waals surface area contributed by atoms with Crippen LogP contribution in [0, 0.1) is 0 Å². The predicted molar refractivity (Wildman–Crippen MR) is 67.5 cm³/mol. The van der Waals surface area contributed by atoms with Crippen LogP contribution >= 0.6 is 0 Å². The number of sulfonamides is 1. The molecule has 1 rings (SSSR count). The number of aromatic nitrogens is 1. The summed E-state index contributed by atoms with van der Waals surface area (Å²) in [5, 5.41) is 8.55. The third kappa shape index (κ3) is 3.98. The molecule has 0 bridgehead atoms. The molecule has 0 aliphatic carbocycles. The third-order valence-electron chi connectivity index (χ3n) is 2.48. The zero-order valence-electron chi connectivity index (χ0n) is 10.7. The topological polar surface area (TPSA) is 96.8 Å². The summed E-state index contributed by atoms with van der Waals surface area (Å²) in [5.41, 5.74) is -0.0546. The van der Waals surface area contributed by atoms with Gasteiger partial charge in [-0.05, 0) is 18.6 Å². The zero-order chi connectivity index (χ0) is 14.5. The Bertz CT molecular complexity index is 527. The molecule has 0 aliphatic rings. The molecule has 1 N–H and O–H groups in total. The highest BCUT2D eigenvalue weighted by molar-refractivity contribution is 7.89. The molecular formula is C11H16N2O5S. The lowest BCUT2D eigenvalue weighted by Gasteiger charge is -2.16. The Morgan fingerprint density at radius 2 is 2.16 bits per heavy atom. The number of aromatic carboxylic acids is 1. The summed E-state index contributed by atoms with van der Waals surface area (Å²) < 4.78 is 30.2. The molecular weight excluding hydrogens is 272 g/mol. The Morgan fingerprint density at radius 3 is 2.63 bits per heavy atom. The lowest BCUT2D eigenvalue weighted by Crippen LogP contribution is -2.29. The van der Waals surface area contributed by atoms with Crippen LogP contribution in [-0.4, -0.2) is 56.1 Å². The van der Waals surface area contributed by atoms with Crippen molar-refractivity contribution in [2.24, 2.45) is 0 Å². The van der Waals surface area contributed by atoms with Gasteiger partial charge in [-0.15, -0.1) is 0 Å². The molecule has 7 nitrogen and oxygen atoms in total. The second kappa shape index (κ2) is 6.60. The Balaban J connectivity index is 2.84. The van der Waals surface area contributed by atoms with Crippen LogP contribution in [0.5, 0.6) is 0 Å². The van der Waals surface area contributed by atoms with Crippen molar-refractivity contribution in [3.05, 3.63) is 23.9 Å². The van der Waals surface area contributed by atoms with Crippen LogP contribution in [0.4, 0.5) is 0 Å². The van der Waals surface area contributed by atoms with Gasteiger partial charge >= 0.3 is 5.97 Å². The van der Waals surface area contributed by atoms with E-state index in [0.29, 0.717) is 19.6 Å². The summed E-state index contributed by atoms with van der Waals surface area (Å²) in [6.45, 7) is 0.768. The normalized spacial score (nSPS) is 11.7. The monoisotopic (exact) mass is 288 g/mol. The molecule has 1 heterocycles. The van der Waals surface area contributed by atoms with E-state index in [2.05, 4.69) is 4.98 Å². The van der Waals surface area contributed by atoms with E-state index in [1.165, 1.54) is 19.2 Å². The summed E-state index contributed by atoms with van der Waals surface area (Å²) in [5.74, 6) is -1.15. The number of nitrogens with zero attached hydrogens (tertiary/aromatic N) is 2. The first-order valence-electron chi connectivity index (χ1n) is 5.54. The van der Waals surface area contributed by atoms with Crippen LogP contribution < -0.4 is 0 Å². The summed E-state index contributed by atoms with van der Waals surface area (Å²) in [7, 11) is -0.704. The standard InChI is InChI=1S/C11H16N2O5S/c1-13(6-3-7-18-2)19(16,17)10-5-4-9(8-12-10)11(14)15/h4-5,8H,3,6-7H2,1-2H3,(H,14,15). The van der Waals surface area contributed by atoms with Crippen molar-refractivity contribution in [1.82, 2.24) is 9.29 Å². The van der Waals surface area contributed by atoms with Gasteiger partial charge in [0, 0.05) is 33.5 Å².